The fourth-order valence-electron chi connectivity index (χ4n) is 4.99. The molecular weight excluding hydrogens is 477 g/mol. The van der Waals surface area contributed by atoms with Crippen LogP contribution < -0.4 is 5.32 Å². The molecule has 2 aromatic carbocycles. The van der Waals surface area contributed by atoms with Crippen LogP contribution in [0, 0.1) is 17.1 Å². The molecule has 3 aromatic rings. The normalized spacial score (nSPS) is 15.8. The Labute approximate surface area is 214 Å². The lowest BCUT2D eigenvalue weighted by atomic mass is 10.0. The average molecular weight is 504 g/mol. The van der Waals surface area contributed by atoms with Gasteiger partial charge >= 0.3 is 6.03 Å². The van der Waals surface area contributed by atoms with Crippen molar-refractivity contribution in [2.75, 3.05) is 33.2 Å². The van der Waals surface area contributed by atoms with Crippen molar-refractivity contribution in [1.82, 2.24) is 19.7 Å². The zero-order valence-electron chi connectivity index (χ0n) is 20.1. The Morgan fingerprint density at radius 3 is 2.83 bits per heavy atom. The molecule has 0 bridgehead atoms. The van der Waals surface area contributed by atoms with Crippen LogP contribution in [0.1, 0.15) is 28.8 Å². The van der Waals surface area contributed by atoms with Gasteiger partial charge in [-0.25, -0.2) is 9.18 Å². The van der Waals surface area contributed by atoms with E-state index >= 15 is 0 Å². The summed E-state index contributed by atoms with van der Waals surface area (Å²) in [4.78, 5) is 17.8. The molecule has 1 N–H and O–H groups in total. The second kappa shape index (κ2) is 10.2. The van der Waals surface area contributed by atoms with Crippen molar-refractivity contribution >= 4 is 34.6 Å². The molecule has 0 aliphatic carbocycles. The second-order valence-corrected chi connectivity index (χ2v) is 9.75. The van der Waals surface area contributed by atoms with Gasteiger partial charge in [0.1, 0.15) is 5.82 Å². The first-order valence-corrected chi connectivity index (χ1v) is 12.4. The summed E-state index contributed by atoms with van der Waals surface area (Å²) in [5.74, 6) is -0.430. The Bertz CT molecular complexity index is 1430. The van der Waals surface area contributed by atoms with Gasteiger partial charge in [0, 0.05) is 57.3 Å². The topological polar surface area (TPSA) is 64.3 Å². The number of benzene rings is 2. The van der Waals surface area contributed by atoms with Crippen LogP contribution in [0.4, 0.5) is 9.18 Å². The molecule has 8 heteroatoms. The number of carbonyl (C=O) groups is 1. The van der Waals surface area contributed by atoms with Gasteiger partial charge in [0.15, 0.2) is 0 Å². The van der Waals surface area contributed by atoms with Crippen LogP contribution in [0.5, 0.6) is 0 Å². The molecule has 0 saturated heterocycles. The van der Waals surface area contributed by atoms with Gasteiger partial charge in [-0.3, -0.25) is 9.47 Å². The zero-order valence-corrected chi connectivity index (χ0v) is 20.9. The number of nitriles is 1. The third kappa shape index (κ3) is 4.88. The van der Waals surface area contributed by atoms with Crippen molar-refractivity contribution < 1.29 is 9.18 Å². The van der Waals surface area contributed by atoms with E-state index in [1.807, 2.05) is 25.3 Å². The number of aromatic nitrogens is 1. The lowest BCUT2D eigenvalue weighted by Crippen LogP contribution is -2.35. The fraction of sp³-hybridized carbons (Fsp3) is 0.286. The maximum absolute atomic E-state index is 13.7. The zero-order chi connectivity index (χ0) is 25.2. The molecule has 0 radical (unpaired) electrons. The smallest absolute Gasteiger partial charge is 0.326 e. The lowest BCUT2D eigenvalue weighted by molar-refractivity contribution is 0.241. The van der Waals surface area contributed by atoms with Crippen LogP contribution in [0.15, 0.2) is 54.2 Å². The molecule has 3 heterocycles. The molecule has 2 aliphatic rings. The van der Waals surface area contributed by atoms with Crippen molar-refractivity contribution in [3.63, 3.8) is 0 Å². The predicted molar refractivity (Wildman–Crippen MR) is 140 cm³/mol. The van der Waals surface area contributed by atoms with E-state index in [1.165, 1.54) is 11.6 Å². The highest BCUT2D eigenvalue weighted by atomic mass is 35.5. The molecule has 184 valence electrons. The summed E-state index contributed by atoms with van der Waals surface area (Å²) >= 11 is 5.77. The minimum absolute atomic E-state index is 0.114. The first-order valence-electron chi connectivity index (χ1n) is 12.0. The molecule has 0 saturated carbocycles. The molecular formula is C28H27ClFN5O. The fourth-order valence-corrected chi connectivity index (χ4v) is 5.11. The standard InChI is InChI=1S/C28H27ClFN5O/c1-33-11-8-21(17-33)16-32-28(36)35-26-9-12-34(10-2-3-19-5-7-24(29)25(30)13-19)18-23(26)22-6-4-20(15-31)14-27(22)35/h2-7,13-14,17H,8-12,16,18H2,1H3,(H,32,36). The van der Waals surface area contributed by atoms with Gasteiger partial charge < -0.3 is 10.2 Å². The Balaban J connectivity index is 1.37. The minimum Gasteiger partial charge on any atom is -0.380 e. The van der Waals surface area contributed by atoms with Gasteiger partial charge in [-0.2, -0.15) is 5.26 Å². The molecule has 2 aliphatic heterocycles. The Morgan fingerprint density at radius 2 is 2.08 bits per heavy atom. The summed E-state index contributed by atoms with van der Waals surface area (Å²) in [6, 6.07) is 12.3. The molecule has 36 heavy (non-hydrogen) atoms. The third-order valence-corrected chi connectivity index (χ3v) is 7.14. The number of carbonyl (C=O) groups excluding carboxylic acids is 1. The number of halogens is 2. The number of fused-ring (bicyclic) bond motifs is 3. The second-order valence-electron chi connectivity index (χ2n) is 9.34. The van der Waals surface area contributed by atoms with Crippen LogP contribution in [0.3, 0.4) is 0 Å². The summed E-state index contributed by atoms with van der Waals surface area (Å²) in [5, 5.41) is 13.6. The van der Waals surface area contributed by atoms with E-state index in [0.717, 1.165) is 47.2 Å². The van der Waals surface area contributed by atoms with Crippen LogP contribution in [0.2, 0.25) is 5.02 Å². The Morgan fingerprint density at radius 1 is 1.22 bits per heavy atom. The number of nitrogens with zero attached hydrogens (tertiary/aromatic N) is 4. The highest BCUT2D eigenvalue weighted by Gasteiger charge is 2.26. The van der Waals surface area contributed by atoms with Gasteiger partial charge in [0.2, 0.25) is 0 Å². The van der Waals surface area contributed by atoms with Gasteiger partial charge in [0.05, 0.1) is 22.2 Å². The molecule has 6 nitrogen and oxygen atoms in total. The van der Waals surface area contributed by atoms with Crippen LogP contribution >= 0.6 is 11.6 Å². The van der Waals surface area contributed by atoms with E-state index in [4.69, 9.17) is 11.6 Å². The summed E-state index contributed by atoms with van der Waals surface area (Å²) in [7, 11) is 2.03. The van der Waals surface area contributed by atoms with Gasteiger partial charge in [-0.1, -0.05) is 35.9 Å². The molecule has 1 amide bonds. The van der Waals surface area contributed by atoms with Gasteiger partial charge in [0.25, 0.3) is 0 Å². The number of hydrogen-bond acceptors (Lipinski definition) is 4. The molecule has 0 unspecified atom stereocenters. The molecule has 0 fully saturated rings. The quantitative estimate of drug-likeness (QED) is 0.522. The predicted octanol–water partition coefficient (Wildman–Crippen LogP) is 5.15. The maximum Gasteiger partial charge on any atom is 0.326 e. The van der Waals surface area contributed by atoms with Crippen LogP contribution in [-0.4, -0.2) is 53.6 Å². The lowest BCUT2D eigenvalue weighted by Gasteiger charge is -2.27. The van der Waals surface area contributed by atoms with Crippen molar-refractivity contribution in [2.45, 2.75) is 19.4 Å². The highest BCUT2D eigenvalue weighted by Crippen LogP contribution is 2.31. The van der Waals surface area contributed by atoms with Crippen LogP contribution in [-0.2, 0) is 13.0 Å². The van der Waals surface area contributed by atoms with Crippen molar-refractivity contribution in [3.05, 3.63) is 87.5 Å². The van der Waals surface area contributed by atoms with E-state index in [2.05, 4.69) is 27.4 Å². The van der Waals surface area contributed by atoms with Gasteiger partial charge in [-0.15, -0.1) is 0 Å². The SMILES string of the molecule is CN1C=C(CNC(=O)n2c3c(c4ccc(C#N)cc42)CN(CC=Cc2ccc(Cl)c(F)c2)CC3)CC1. The van der Waals surface area contributed by atoms with E-state index < -0.39 is 5.82 Å². The molecule has 0 atom stereocenters. The van der Waals surface area contributed by atoms with Crippen LogP contribution in [0.25, 0.3) is 17.0 Å². The monoisotopic (exact) mass is 503 g/mol. The number of amides is 1. The van der Waals surface area contributed by atoms with E-state index in [0.29, 0.717) is 31.6 Å². The highest BCUT2D eigenvalue weighted by molar-refractivity contribution is 6.30. The first-order chi connectivity index (χ1) is 17.4. The third-order valence-electron chi connectivity index (χ3n) is 6.83. The summed E-state index contributed by atoms with van der Waals surface area (Å²) < 4.78 is 15.5. The molecule has 0 spiro atoms. The molecule has 5 rings (SSSR count). The Hall–Kier alpha value is -3.60. The molecule has 1 aromatic heterocycles. The number of nitrogens with one attached hydrogen (secondary N) is 1. The maximum atomic E-state index is 13.7. The number of rotatable bonds is 5. The van der Waals surface area contributed by atoms with E-state index in [1.54, 1.807) is 28.8 Å². The van der Waals surface area contributed by atoms with Crippen molar-refractivity contribution in [1.29, 1.82) is 5.26 Å². The summed E-state index contributed by atoms with van der Waals surface area (Å²) in [6.45, 7) is 3.65. The van der Waals surface area contributed by atoms with Gasteiger partial charge in [-0.05, 0) is 53.6 Å². The minimum atomic E-state index is -0.430. The largest absolute Gasteiger partial charge is 0.380 e. The first kappa shape index (κ1) is 24.1. The van der Waals surface area contributed by atoms with E-state index in [-0.39, 0.29) is 11.1 Å². The van der Waals surface area contributed by atoms with E-state index in [9.17, 15) is 14.4 Å². The number of hydrogen-bond donors (Lipinski definition) is 1. The summed E-state index contributed by atoms with van der Waals surface area (Å²) in [6.07, 6.45) is 7.65. The Kier molecular flexibility index (Phi) is 6.82. The van der Waals surface area contributed by atoms with Crippen molar-refractivity contribution in [2.24, 2.45) is 0 Å². The van der Waals surface area contributed by atoms with Crippen molar-refractivity contribution in [3.8, 4) is 6.07 Å². The average Bonchev–Trinajstić information content (AvgIpc) is 3.44. The summed E-state index contributed by atoms with van der Waals surface area (Å²) in [5.41, 5.74) is 5.37.